The molecule has 232 valence electrons. The van der Waals surface area contributed by atoms with Crippen LogP contribution in [-0.2, 0) is 21.1 Å². The van der Waals surface area contributed by atoms with E-state index >= 15 is 0 Å². The zero-order valence-corrected chi connectivity index (χ0v) is 29.4. The van der Waals surface area contributed by atoms with Gasteiger partial charge in [0.15, 0.2) is 0 Å². The Morgan fingerprint density at radius 2 is 1.48 bits per heavy atom. The summed E-state index contributed by atoms with van der Waals surface area (Å²) in [5.74, 6) is 2.55. The van der Waals surface area contributed by atoms with Crippen molar-refractivity contribution in [3.63, 3.8) is 0 Å². The van der Waals surface area contributed by atoms with Crippen LogP contribution in [-0.4, -0.2) is 19.3 Å². The average molecular weight is 784 g/mol. The molecule has 5 nitrogen and oxygen atoms in total. The number of hydrogen-bond acceptors (Lipinski definition) is 3. The summed E-state index contributed by atoms with van der Waals surface area (Å²) in [6.45, 7) is 15.2. The number of ether oxygens (including phenoxy) is 1. The summed E-state index contributed by atoms with van der Waals surface area (Å²) in [5.41, 5.74) is 12.4. The molecule has 0 saturated heterocycles. The number of benzene rings is 4. The van der Waals surface area contributed by atoms with Gasteiger partial charge >= 0.3 is 21.1 Å². The van der Waals surface area contributed by atoms with Crippen LogP contribution in [0.3, 0.4) is 0 Å². The molecule has 0 fully saturated rings. The molecule has 0 saturated carbocycles. The molecule has 0 unspecified atom stereocenters. The normalized spacial score (nSPS) is 11.4. The fourth-order valence-electron chi connectivity index (χ4n) is 6.52. The number of fused-ring (bicyclic) bond motifs is 3. The molecular weight excluding hydrogens is 748 g/mol. The SMILES string of the molecule is Cc1ccnc(-n2c3[c-]c(Oc4[c-]c(-n5nc(C)c(-c6c(C)cc(C(C)C)cc6C)c5C)ccc4)ccc3c3ccccc32)c1.[Pt+2]. The molecule has 0 aliphatic carbocycles. The third-order valence-electron chi connectivity index (χ3n) is 8.65. The van der Waals surface area contributed by atoms with Crippen LogP contribution in [0.4, 0.5) is 0 Å². The predicted octanol–water partition coefficient (Wildman–Crippen LogP) is 10.1. The van der Waals surface area contributed by atoms with Crippen LogP contribution >= 0.6 is 0 Å². The number of nitrogens with zero attached hydrogens (tertiary/aromatic N) is 4. The molecule has 4 aromatic carbocycles. The molecule has 0 bridgehead atoms. The van der Waals surface area contributed by atoms with Gasteiger partial charge in [-0.2, -0.15) is 17.2 Å². The van der Waals surface area contributed by atoms with E-state index < -0.39 is 0 Å². The smallest absolute Gasteiger partial charge is 0.509 e. The van der Waals surface area contributed by atoms with E-state index in [4.69, 9.17) is 9.84 Å². The zero-order valence-electron chi connectivity index (χ0n) is 27.2. The number of hydrogen-bond donors (Lipinski definition) is 0. The van der Waals surface area contributed by atoms with Crippen LogP contribution < -0.4 is 4.74 Å². The van der Waals surface area contributed by atoms with Crippen LogP contribution in [0.25, 0.3) is 44.4 Å². The predicted molar refractivity (Wildman–Crippen MR) is 183 cm³/mol. The Hall–Kier alpha value is -4.47. The summed E-state index contributed by atoms with van der Waals surface area (Å²) in [6.07, 6.45) is 1.85. The fraction of sp³-hybridized carbons (Fsp3) is 0.200. The van der Waals surface area contributed by atoms with Crippen molar-refractivity contribution in [2.24, 2.45) is 0 Å². The van der Waals surface area contributed by atoms with Crippen molar-refractivity contribution in [1.82, 2.24) is 19.3 Å². The molecule has 7 aromatic rings. The van der Waals surface area contributed by atoms with Gasteiger partial charge in [0, 0.05) is 34.5 Å². The van der Waals surface area contributed by atoms with Crippen molar-refractivity contribution in [3.8, 4) is 34.1 Å². The topological polar surface area (TPSA) is 44.9 Å². The van der Waals surface area contributed by atoms with E-state index in [1.54, 1.807) is 0 Å². The van der Waals surface area contributed by atoms with Gasteiger partial charge in [0.2, 0.25) is 0 Å². The maximum absolute atomic E-state index is 6.41. The molecule has 0 spiro atoms. The molecular formula is C40H36N4OPt. The zero-order chi connectivity index (χ0) is 31.4. The second-order valence-electron chi connectivity index (χ2n) is 12.3. The molecule has 6 heteroatoms. The van der Waals surface area contributed by atoms with Gasteiger partial charge in [-0.15, -0.1) is 35.7 Å². The van der Waals surface area contributed by atoms with Gasteiger partial charge < -0.3 is 9.30 Å². The van der Waals surface area contributed by atoms with Crippen molar-refractivity contribution < 1.29 is 25.8 Å². The van der Waals surface area contributed by atoms with Gasteiger partial charge in [0.25, 0.3) is 0 Å². The second kappa shape index (κ2) is 12.4. The van der Waals surface area contributed by atoms with E-state index in [1.807, 2.05) is 41.2 Å². The first kappa shape index (κ1) is 31.5. The molecule has 0 atom stereocenters. The van der Waals surface area contributed by atoms with Gasteiger partial charge in [0.1, 0.15) is 5.82 Å². The third-order valence-corrected chi connectivity index (χ3v) is 8.65. The summed E-state index contributed by atoms with van der Waals surface area (Å²) < 4.78 is 10.5. The van der Waals surface area contributed by atoms with Crippen molar-refractivity contribution in [2.45, 2.75) is 54.4 Å². The molecule has 3 aromatic heterocycles. The van der Waals surface area contributed by atoms with Crippen molar-refractivity contribution in [2.75, 3.05) is 0 Å². The molecule has 0 amide bonds. The average Bonchev–Trinajstić information content (AvgIpc) is 3.50. The van der Waals surface area contributed by atoms with E-state index in [2.05, 4.69) is 119 Å². The Bertz CT molecular complexity index is 2220. The number of rotatable bonds is 6. The van der Waals surface area contributed by atoms with Gasteiger partial charge in [-0.25, -0.2) is 4.98 Å². The van der Waals surface area contributed by atoms with E-state index in [1.165, 1.54) is 27.8 Å². The minimum Gasteiger partial charge on any atom is -0.509 e. The first-order chi connectivity index (χ1) is 21.7. The van der Waals surface area contributed by atoms with Crippen molar-refractivity contribution in [1.29, 1.82) is 0 Å². The number of aromatic nitrogens is 4. The second-order valence-corrected chi connectivity index (χ2v) is 12.3. The molecule has 0 aliphatic rings. The van der Waals surface area contributed by atoms with Gasteiger partial charge in [-0.1, -0.05) is 49.7 Å². The molecule has 0 radical (unpaired) electrons. The Morgan fingerprint density at radius 1 is 0.739 bits per heavy atom. The van der Waals surface area contributed by atoms with E-state index in [0.717, 1.165) is 50.3 Å². The molecule has 0 N–H and O–H groups in total. The minimum atomic E-state index is 0. The number of aryl methyl sites for hydroxylation is 4. The van der Waals surface area contributed by atoms with E-state index in [0.29, 0.717) is 17.4 Å². The molecule has 46 heavy (non-hydrogen) atoms. The van der Waals surface area contributed by atoms with Crippen LogP contribution in [0.15, 0.2) is 85.1 Å². The van der Waals surface area contributed by atoms with Crippen molar-refractivity contribution in [3.05, 3.63) is 131 Å². The molecule has 3 heterocycles. The quantitative estimate of drug-likeness (QED) is 0.158. The Kier molecular flexibility index (Phi) is 8.48. The maximum Gasteiger partial charge on any atom is 2.00 e. The number of pyridine rings is 1. The van der Waals surface area contributed by atoms with Gasteiger partial charge in [-0.05, 0) is 97.6 Å². The summed E-state index contributed by atoms with van der Waals surface area (Å²) in [4.78, 5) is 4.69. The molecule has 7 rings (SSSR count). The fourth-order valence-corrected chi connectivity index (χ4v) is 6.52. The van der Waals surface area contributed by atoms with Crippen molar-refractivity contribution >= 4 is 21.8 Å². The van der Waals surface area contributed by atoms with Crippen LogP contribution in [0, 0.1) is 46.8 Å². The Balaban J connectivity index is 0.00000372. The monoisotopic (exact) mass is 783 g/mol. The van der Waals surface area contributed by atoms with Gasteiger partial charge in [0.05, 0.1) is 5.69 Å². The van der Waals surface area contributed by atoms with Crippen LogP contribution in [0.5, 0.6) is 11.5 Å². The third kappa shape index (κ3) is 5.47. The first-order valence-corrected chi connectivity index (χ1v) is 15.5. The largest absolute Gasteiger partial charge is 2.00 e. The summed E-state index contributed by atoms with van der Waals surface area (Å²) in [7, 11) is 0. The Morgan fingerprint density at radius 3 is 2.22 bits per heavy atom. The van der Waals surface area contributed by atoms with E-state index in [-0.39, 0.29) is 21.1 Å². The summed E-state index contributed by atoms with van der Waals surface area (Å²) >= 11 is 0. The van der Waals surface area contributed by atoms with Crippen LogP contribution in [0.2, 0.25) is 0 Å². The van der Waals surface area contributed by atoms with Crippen LogP contribution in [0.1, 0.15) is 53.4 Å². The standard InChI is InChI=1S/C40H36N4O.Pt/c1-24(2)30-20-26(4)39(27(5)21-30)40-28(6)42-44(29(40)7)31-11-10-12-32(22-31)45-33-15-16-35-34-13-8-9-14-36(34)43(37(35)23-33)38-19-25(3)17-18-41-38;/h8-21,24H,1-7H3;/q-2;+2. The van der Waals surface area contributed by atoms with Gasteiger partial charge in [-0.3, -0.25) is 4.68 Å². The summed E-state index contributed by atoms with van der Waals surface area (Å²) in [5, 5.41) is 7.22. The maximum atomic E-state index is 6.41. The first-order valence-electron chi connectivity index (χ1n) is 15.5. The minimum absolute atomic E-state index is 0. The number of para-hydroxylation sites is 1. The summed E-state index contributed by atoms with van der Waals surface area (Å²) in [6, 6.07) is 34.1. The molecule has 0 aliphatic heterocycles. The Labute approximate surface area is 285 Å². The van der Waals surface area contributed by atoms with E-state index in [9.17, 15) is 0 Å².